The van der Waals surface area contributed by atoms with Crippen molar-refractivity contribution in [2.24, 2.45) is 11.0 Å². The zero-order chi connectivity index (χ0) is 15.1. The molecule has 4 nitrogen and oxygen atoms in total. The summed E-state index contributed by atoms with van der Waals surface area (Å²) in [6.45, 7) is 0. The molecular weight excluding hydrogens is 276 g/mol. The number of carbonyl (C=O) groups is 2. The maximum absolute atomic E-state index is 12.5. The Bertz CT molecular complexity index is 761. The van der Waals surface area contributed by atoms with Gasteiger partial charge in [-0.05, 0) is 5.56 Å². The topological polar surface area (TPSA) is 58.5 Å². The van der Waals surface area contributed by atoms with Crippen LogP contribution in [-0.4, -0.2) is 17.3 Å². The first kappa shape index (κ1) is 13.0. The molecule has 4 rings (SSSR count). The van der Waals surface area contributed by atoms with Crippen LogP contribution in [0.2, 0.25) is 0 Å². The Hall–Kier alpha value is -2.75. The minimum absolute atomic E-state index is 0.0283. The molecule has 2 aromatic rings. The van der Waals surface area contributed by atoms with Gasteiger partial charge in [0.05, 0.1) is 11.8 Å². The van der Waals surface area contributed by atoms with E-state index in [2.05, 4.69) is 10.5 Å². The highest BCUT2D eigenvalue weighted by Gasteiger charge is 2.43. The number of fused-ring (bicyclic) bond motifs is 1. The molecule has 0 fully saturated rings. The average Bonchev–Trinajstić information content (AvgIpc) is 3.13. The summed E-state index contributed by atoms with van der Waals surface area (Å²) in [6, 6.07) is 17.0. The fourth-order valence-corrected chi connectivity index (χ4v) is 3.17. The molecule has 22 heavy (non-hydrogen) atoms. The number of ketones is 2. The van der Waals surface area contributed by atoms with Crippen LogP contribution >= 0.6 is 0 Å². The normalized spacial score (nSPS) is 20.7. The zero-order valence-corrected chi connectivity index (χ0v) is 11.8. The Kier molecular flexibility index (Phi) is 2.89. The second kappa shape index (κ2) is 4.91. The van der Waals surface area contributed by atoms with Crippen molar-refractivity contribution in [3.63, 3.8) is 0 Å². The van der Waals surface area contributed by atoms with Gasteiger partial charge in [0.2, 0.25) is 0 Å². The number of carbonyl (C=O) groups excluding carboxylic acids is 2. The van der Waals surface area contributed by atoms with Crippen LogP contribution in [0, 0.1) is 5.92 Å². The van der Waals surface area contributed by atoms with E-state index in [0.29, 0.717) is 23.3 Å². The van der Waals surface area contributed by atoms with E-state index >= 15 is 0 Å². The van der Waals surface area contributed by atoms with E-state index in [1.54, 1.807) is 24.3 Å². The maximum Gasteiger partial charge on any atom is 0.180 e. The van der Waals surface area contributed by atoms with Crippen LogP contribution in [0.25, 0.3) is 0 Å². The first-order valence-corrected chi connectivity index (χ1v) is 7.30. The van der Waals surface area contributed by atoms with Crippen molar-refractivity contribution in [2.75, 3.05) is 0 Å². The monoisotopic (exact) mass is 290 g/mol. The van der Waals surface area contributed by atoms with Gasteiger partial charge < -0.3 is 5.43 Å². The summed E-state index contributed by atoms with van der Waals surface area (Å²) in [5.41, 5.74) is 5.83. The van der Waals surface area contributed by atoms with Crippen LogP contribution in [0.3, 0.4) is 0 Å². The van der Waals surface area contributed by atoms with E-state index < -0.39 is 5.92 Å². The molecule has 0 aromatic heterocycles. The quantitative estimate of drug-likeness (QED) is 0.865. The number of nitrogens with zero attached hydrogens (tertiary/aromatic N) is 1. The van der Waals surface area contributed by atoms with Gasteiger partial charge in [0.25, 0.3) is 0 Å². The van der Waals surface area contributed by atoms with E-state index in [4.69, 9.17) is 0 Å². The summed E-state index contributed by atoms with van der Waals surface area (Å²) in [7, 11) is 0. The van der Waals surface area contributed by atoms with Crippen LogP contribution in [0.4, 0.5) is 0 Å². The largest absolute Gasteiger partial charge is 0.302 e. The molecule has 0 saturated heterocycles. The van der Waals surface area contributed by atoms with Gasteiger partial charge in [0.1, 0.15) is 5.92 Å². The van der Waals surface area contributed by atoms with Crippen molar-refractivity contribution >= 4 is 17.3 Å². The van der Waals surface area contributed by atoms with Crippen LogP contribution < -0.4 is 5.43 Å². The third-order valence-corrected chi connectivity index (χ3v) is 4.29. The molecule has 2 aromatic carbocycles. The molecule has 108 valence electrons. The van der Waals surface area contributed by atoms with E-state index in [0.717, 1.165) is 5.56 Å². The molecule has 1 heterocycles. The average molecular weight is 290 g/mol. The predicted octanol–water partition coefficient (Wildman–Crippen LogP) is 2.77. The van der Waals surface area contributed by atoms with E-state index in [1.165, 1.54) is 0 Å². The van der Waals surface area contributed by atoms with Gasteiger partial charge in [0.15, 0.2) is 11.6 Å². The second-order valence-electron chi connectivity index (χ2n) is 5.61. The SMILES string of the molecule is O=C1c2ccccc2C(=O)C1C1=NN[C@H](c2ccccc2)C1. The van der Waals surface area contributed by atoms with Crippen LogP contribution in [0.15, 0.2) is 59.7 Å². The summed E-state index contributed by atoms with van der Waals surface area (Å²) in [6.07, 6.45) is 0.583. The van der Waals surface area contributed by atoms with Gasteiger partial charge in [-0.3, -0.25) is 9.59 Å². The van der Waals surface area contributed by atoms with Crippen molar-refractivity contribution in [3.05, 3.63) is 71.3 Å². The van der Waals surface area contributed by atoms with Crippen molar-refractivity contribution in [2.45, 2.75) is 12.5 Å². The number of rotatable bonds is 2. The van der Waals surface area contributed by atoms with Gasteiger partial charge in [-0.2, -0.15) is 5.10 Å². The second-order valence-corrected chi connectivity index (χ2v) is 5.61. The van der Waals surface area contributed by atoms with Gasteiger partial charge >= 0.3 is 0 Å². The Balaban J connectivity index is 1.60. The van der Waals surface area contributed by atoms with Crippen molar-refractivity contribution in [1.29, 1.82) is 0 Å². The van der Waals surface area contributed by atoms with Gasteiger partial charge in [-0.15, -0.1) is 0 Å². The minimum Gasteiger partial charge on any atom is -0.302 e. The van der Waals surface area contributed by atoms with Gasteiger partial charge in [-0.25, -0.2) is 0 Å². The third kappa shape index (κ3) is 1.88. The minimum atomic E-state index is -0.751. The predicted molar refractivity (Wildman–Crippen MR) is 83.0 cm³/mol. The van der Waals surface area contributed by atoms with Crippen LogP contribution in [-0.2, 0) is 0 Å². The number of Topliss-reactive ketones (excluding diaryl/α,β-unsaturated/α-hetero) is 2. The zero-order valence-electron chi connectivity index (χ0n) is 11.8. The molecule has 1 aliphatic carbocycles. The molecule has 1 atom stereocenters. The van der Waals surface area contributed by atoms with E-state index in [1.807, 2.05) is 30.3 Å². The highest BCUT2D eigenvalue weighted by molar-refractivity contribution is 6.36. The van der Waals surface area contributed by atoms with Crippen LogP contribution in [0.1, 0.15) is 38.7 Å². The van der Waals surface area contributed by atoms with Gasteiger partial charge in [0, 0.05) is 17.5 Å². The van der Waals surface area contributed by atoms with Gasteiger partial charge in [-0.1, -0.05) is 54.6 Å². The Morgan fingerprint density at radius 1 is 0.864 bits per heavy atom. The third-order valence-electron chi connectivity index (χ3n) is 4.29. The van der Waals surface area contributed by atoms with Crippen molar-refractivity contribution in [3.8, 4) is 0 Å². The maximum atomic E-state index is 12.5. The summed E-state index contributed by atoms with van der Waals surface area (Å²) in [5.74, 6) is -1.01. The molecule has 0 amide bonds. The first-order chi connectivity index (χ1) is 10.8. The lowest BCUT2D eigenvalue weighted by atomic mass is 9.92. The Morgan fingerprint density at radius 2 is 1.45 bits per heavy atom. The molecule has 4 heteroatoms. The fraction of sp³-hybridized carbons (Fsp3) is 0.167. The van der Waals surface area contributed by atoms with E-state index in [9.17, 15) is 9.59 Å². The van der Waals surface area contributed by atoms with Crippen molar-refractivity contribution < 1.29 is 9.59 Å². The lowest BCUT2D eigenvalue weighted by Gasteiger charge is -2.10. The molecule has 0 radical (unpaired) electrons. The molecule has 1 N–H and O–H groups in total. The summed E-state index contributed by atoms with van der Waals surface area (Å²) >= 11 is 0. The Labute approximate surface area is 127 Å². The smallest absolute Gasteiger partial charge is 0.180 e. The highest BCUT2D eigenvalue weighted by atomic mass is 16.2. The number of benzene rings is 2. The van der Waals surface area contributed by atoms with Crippen LogP contribution in [0.5, 0.6) is 0 Å². The first-order valence-electron chi connectivity index (χ1n) is 7.30. The molecule has 0 saturated carbocycles. The number of nitrogens with one attached hydrogen (secondary N) is 1. The lowest BCUT2D eigenvalue weighted by molar-refractivity contribution is 0.0882. The summed E-state index contributed by atoms with van der Waals surface area (Å²) < 4.78 is 0. The van der Waals surface area contributed by atoms with E-state index in [-0.39, 0.29) is 17.6 Å². The summed E-state index contributed by atoms with van der Waals surface area (Å²) in [5, 5.41) is 4.28. The van der Waals surface area contributed by atoms with Crippen molar-refractivity contribution in [1.82, 2.24) is 5.43 Å². The number of hydrogen-bond acceptors (Lipinski definition) is 4. The molecule has 0 unspecified atom stereocenters. The summed E-state index contributed by atoms with van der Waals surface area (Å²) in [4.78, 5) is 25.0. The molecule has 2 aliphatic rings. The standard InChI is InChI=1S/C18H14N2O2/c21-17-12-8-4-5-9-13(12)18(22)16(17)15-10-14(19-20-15)11-6-2-1-3-7-11/h1-9,14,16,19H,10H2/t14-/m0/s1. The highest BCUT2D eigenvalue weighted by Crippen LogP contribution is 2.32. The number of hydrogen-bond donors (Lipinski definition) is 1. The molecule has 0 spiro atoms. The molecular formula is C18H14N2O2. The lowest BCUT2D eigenvalue weighted by Crippen LogP contribution is -2.24. The fourth-order valence-electron chi connectivity index (χ4n) is 3.17. The molecule has 1 aliphatic heterocycles. The Morgan fingerprint density at radius 3 is 2.09 bits per heavy atom. The molecule has 0 bridgehead atoms. The number of hydrazone groups is 1.